The Labute approximate surface area is 180 Å². The lowest BCUT2D eigenvalue weighted by Crippen LogP contribution is -2.32. The van der Waals surface area contributed by atoms with Crippen molar-refractivity contribution in [1.82, 2.24) is 5.32 Å². The lowest BCUT2D eigenvalue weighted by molar-refractivity contribution is -0.385. The molecular formula is C16H19BrN4O8S. The lowest BCUT2D eigenvalue weighted by atomic mass is 10.0. The smallest absolute Gasteiger partial charge is 0.305 e. The van der Waals surface area contributed by atoms with E-state index in [1.54, 1.807) is 0 Å². The van der Waals surface area contributed by atoms with Crippen LogP contribution in [0, 0.1) is 21.4 Å². The van der Waals surface area contributed by atoms with Crippen LogP contribution in [0.4, 0.5) is 11.4 Å². The predicted octanol–water partition coefficient (Wildman–Crippen LogP) is 0.848. The first-order valence-corrected chi connectivity index (χ1v) is 11.3. The van der Waals surface area contributed by atoms with Crippen LogP contribution in [-0.2, 0) is 19.1 Å². The van der Waals surface area contributed by atoms with Gasteiger partial charge >= 0.3 is 5.97 Å². The van der Waals surface area contributed by atoms with Crippen molar-refractivity contribution in [2.24, 2.45) is 0 Å². The SMILES string of the molecule is CS(=O)(=O)OCCN(CCBr)c1cc(C(=O)NCCC(=O)O)c([N+](=O)[O-])cc1C#N. The second-order valence-corrected chi connectivity index (χ2v) is 8.29. The van der Waals surface area contributed by atoms with Crippen LogP contribution in [0.15, 0.2) is 12.1 Å². The van der Waals surface area contributed by atoms with Gasteiger partial charge in [0.1, 0.15) is 11.6 Å². The average molecular weight is 507 g/mol. The zero-order valence-corrected chi connectivity index (χ0v) is 18.2. The summed E-state index contributed by atoms with van der Waals surface area (Å²) in [5, 5.41) is 32.2. The number of hydrogen-bond acceptors (Lipinski definition) is 9. The molecule has 0 unspecified atom stereocenters. The molecule has 0 saturated heterocycles. The van der Waals surface area contributed by atoms with Gasteiger partial charge in [-0.3, -0.25) is 23.9 Å². The first kappa shape index (κ1) is 25.3. The van der Waals surface area contributed by atoms with Crippen LogP contribution in [0.5, 0.6) is 0 Å². The molecule has 0 saturated carbocycles. The number of carbonyl (C=O) groups excluding carboxylic acids is 1. The van der Waals surface area contributed by atoms with Gasteiger partial charge in [0, 0.05) is 31.0 Å². The number of nitriles is 1. The predicted molar refractivity (Wildman–Crippen MR) is 109 cm³/mol. The molecule has 0 aromatic heterocycles. The Balaban J connectivity index is 3.33. The molecule has 1 amide bonds. The fourth-order valence-electron chi connectivity index (χ4n) is 2.39. The number of aliphatic carboxylic acids is 1. The molecule has 1 aromatic carbocycles. The van der Waals surface area contributed by atoms with Gasteiger partial charge < -0.3 is 15.3 Å². The normalized spacial score (nSPS) is 10.8. The maximum absolute atomic E-state index is 12.4. The van der Waals surface area contributed by atoms with Gasteiger partial charge in [-0.25, -0.2) is 0 Å². The maximum Gasteiger partial charge on any atom is 0.305 e. The van der Waals surface area contributed by atoms with E-state index in [1.165, 1.54) is 4.90 Å². The summed E-state index contributed by atoms with van der Waals surface area (Å²) in [4.78, 5) is 35.1. The second-order valence-electron chi connectivity index (χ2n) is 5.86. The van der Waals surface area contributed by atoms with Gasteiger partial charge in [-0.1, -0.05) is 15.9 Å². The third-order valence-electron chi connectivity index (χ3n) is 3.65. The van der Waals surface area contributed by atoms with Gasteiger partial charge in [0.25, 0.3) is 21.7 Å². The van der Waals surface area contributed by atoms with Crippen LogP contribution in [-0.4, -0.2) is 68.2 Å². The molecule has 0 radical (unpaired) electrons. The van der Waals surface area contributed by atoms with Crippen molar-refractivity contribution < 1.29 is 32.2 Å². The van der Waals surface area contributed by atoms with Gasteiger partial charge in [-0.05, 0) is 6.07 Å². The molecule has 0 heterocycles. The van der Waals surface area contributed by atoms with Crippen LogP contribution in [0.25, 0.3) is 0 Å². The minimum absolute atomic E-state index is 0.0191. The number of nitrogens with one attached hydrogen (secondary N) is 1. The third-order valence-corrected chi connectivity index (χ3v) is 4.60. The molecule has 12 nitrogen and oxygen atoms in total. The quantitative estimate of drug-likeness (QED) is 0.178. The molecule has 14 heteroatoms. The highest BCUT2D eigenvalue weighted by atomic mass is 79.9. The first-order chi connectivity index (χ1) is 14.0. The first-order valence-electron chi connectivity index (χ1n) is 8.38. The van der Waals surface area contributed by atoms with E-state index >= 15 is 0 Å². The van der Waals surface area contributed by atoms with Crippen molar-refractivity contribution in [1.29, 1.82) is 5.26 Å². The number of benzene rings is 1. The van der Waals surface area contributed by atoms with Gasteiger partial charge in [-0.15, -0.1) is 0 Å². The van der Waals surface area contributed by atoms with E-state index < -0.39 is 32.6 Å². The molecule has 0 aliphatic heterocycles. The molecule has 0 aliphatic rings. The fourth-order valence-corrected chi connectivity index (χ4v) is 3.20. The van der Waals surface area contributed by atoms with E-state index in [0.29, 0.717) is 5.33 Å². The number of nitrogens with zero attached hydrogens (tertiary/aromatic N) is 3. The van der Waals surface area contributed by atoms with Gasteiger partial charge in [-0.2, -0.15) is 13.7 Å². The molecule has 0 atom stereocenters. The number of alkyl halides is 1. The summed E-state index contributed by atoms with van der Waals surface area (Å²) in [6, 6.07) is 3.92. The van der Waals surface area contributed by atoms with Crippen LogP contribution in [0.3, 0.4) is 0 Å². The molecule has 164 valence electrons. The number of carbonyl (C=O) groups is 2. The van der Waals surface area contributed by atoms with E-state index in [-0.39, 0.29) is 49.5 Å². The van der Waals surface area contributed by atoms with Crippen molar-refractivity contribution in [3.63, 3.8) is 0 Å². The number of amides is 1. The van der Waals surface area contributed by atoms with Crippen molar-refractivity contribution in [3.8, 4) is 6.07 Å². The monoisotopic (exact) mass is 506 g/mol. The highest BCUT2D eigenvalue weighted by Crippen LogP contribution is 2.29. The minimum Gasteiger partial charge on any atom is -0.481 e. The van der Waals surface area contributed by atoms with Crippen molar-refractivity contribution in [2.45, 2.75) is 6.42 Å². The zero-order chi connectivity index (χ0) is 22.9. The number of rotatable bonds is 12. The Morgan fingerprint density at radius 2 is 2.07 bits per heavy atom. The molecule has 0 bridgehead atoms. The molecule has 1 rings (SSSR count). The number of anilines is 1. The van der Waals surface area contributed by atoms with Crippen LogP contribution >= 0.6 is 15.9 Å². The summed E-state index contributed by atoms with van der Waals surface area (Å²) < 4.78 is 27.0. The summed E-state index contributed by atoms with van der Waals surface area (Å²) in [5.41, 5.74) is -0.899. The average Bonchev–Trinajstić information content (AvgIpc) is 2.64. The molecule has 0 aliphatic carbocycles. The van der Waals surface area contributed by atoms with Crippen molar-refractivity contribution >= 4 is 49.3 Å². The highest BCUT2D eigenvalue weighted by molar-refractivity contribution is 9.09. The number of nitro benzene ring substituents is 1. The summed E-state index contributed by atoms with van der Waals surface area (Å²) in [6.07, 6.45) is 0.509. The standard InChI is InChI=1S/C16H19BrN4O8S/c1-30(27,28)29-7-6-20(5-3-17)13-9-12(16(24)19-4-2-15(22)23)14(21(25)26)8-11(13)10-18/h8-9H,2-7H2,1H3,(H,19,24)(H,22,23). The van der Waals surface area contributed by atoms with E-state index in [0.717, 1.165) is 18.4 Å². The Bertz CT molecular complexity index is 961. The Morgan fingerprint density at radius 1 is 1.40 bits per heavy atom. The molecule has 0 spiro atoms. The largest absolute Gasteiger partial charge is 0.481 e. The van der Waals surface area contributed by atoms with E-state index in [2.05, 4.69) is 21.2 Å². The summed E-state index contributed by atoms with van der Waals surface area (Å²) >= 11 is 3.23. The Kier molecular flexibility index (Phi) is 9.63. The third kappa shape index (κ3) is 7.93. The highest BCUT2D eigenvalue weighted by Gasteiger charge is 2.25. The van der Waals surface area contributed by atoms with Crippen molar-refractivity contribution in [3.05, 3.63) is 33.4 Å². The Hall–Kier alpha value is -2.76. The van der Waals surface area contributed by atoms with E-state index in [9.17, 15) is 33.4 Å². The van der Waals surface area contributed by atoms with Crippen molar-refractivity contribution in [2.75, 3.05) is 42.7 Å². The maximum atomic E-state index is 12.4. The summed E-state index contributed by atoms with van der Waals surface area (Å²) in [5.74, 6) is -2.03. The van der Waals surface area contributed by atoms with Crippen LogP contribution in [0.1, 0.15) is 22.3 Å². The summed E-state index contributed by atoms with van der Waals surface area (Å²) in [6.45, 7) is -0.188. The Morgan fingerprint density at radius 3 is 2.57 bits per heavy atom. The number of carboxylic acids is 1. The number of hydrogen-bond donors (Lipinski definition) is 2. The minimum atomic E-state index is -3.69. The van der Waals surface area contributed by atoms with Gasteiger partial charge in [0.2, 0.25) is 0 Å². The molecular weight excluding hydrogens is 488 g/mol. The molecule has 30 heavy (non-hydrogen) atoms. The topological polar surface area (TPSA) is 180 Å². The van der Waals surface area contributed by atoms with Gasteiger partial charge in [0.05, 0.1) is 35.5 Å². The van der Waals surface area contributed by atoms with E-state index in [1.807, 2.05) is 6.07 Å². The number of nitro groups is 1. The molecule has 1 aromatic rings. The second kappa shape index (κ2) is 11.4. The summed E-state index contributed by atoms with van der Waals surface area (Å²) in [7, 11) is -3.69. The van der Waals surface area contributed by atoms with Crippen LogP contribution in [0.2, 0.25) is 0 Å². The van der Waals surface area contributed by atoms with Gasteiger partial charge in [0.15, 0.2) is 0 Å². The molecule has 2 N–H and O–H groups in total. The fraction of sp³-hybridized carbons (Fsp3) is 0.438. The van der Waals surface area contributed by atoms with E-state index in [4.69, 9.17) is 9.29 Å². The zero-order valence-electron chi connectivity index (χ0n) is 15.8. The molecule has 0 fully saturated rings. The number of carboxylic acid groups (broad SMARTS) is 1. The number of halogens is 1. The van der Waals surface area contributed by atoms with Crippen LogP contribution < -0.4 is 10.2 Å². The lowest BCUT2D eigenvalue weighted by Gasteiger charge is -2.25.